The Kier molecular flexibility index (Phi) is 21.5. The molecule has 0 aliphatic carbocycles. The van der Waals surface area contributed by atoms with Crippen molar-refractivity contribution in [3.63, 3.8) is 0 Å². The Hall–Kier alpha value is -2.65. The first-order chi connectivity index (χ1) is 19.1. The molecule has 0 aliphatic heterocycles. The van der Waals surface area contributed by atoms with Crippen molar-refractivity contribution in [3.8, 4) is 0 Å². The van der Waals surface area contributed by atoms with Crippen LogP contribution < -0.4 is 27.0 Å². The molecule has 1 rings (SSSR count). The van der Waals surface area contributed by atoms with E-state index in [9.17, 15) is 9.59 Å². The van der Waals surface area contributed by atoms with Crippen molar-refractivity contribution in [2.75, 3.05) is 39.3 Å². The highest BCUT2D eigenvalue weighted by molar-refractivity contribution is 5.87. The van der Waals surface area contributed by atoms with Crippen LogP contribution in [0.2, 0.25) is 0 Å². The Morgan fingerprint density at radius 3 is 2.10 bits per heavy atom. The summed E-state index contributed by atoms with van der Waals surface area (Å²) < 4.78 is 0. The fraction of sp³-hybridized carbons (Fsp3) is 0.724. The minimum absolute atomic E-state index is 0.0893. The SMILES string of the molecule is CCCCCCCCCC(=O)N[C@@H](Cc1ccc(N=[N+]=[N-])cc1)C(=O)NCCCNCCCCNCCCN. The summed E-state index contributed by atoms with van der Waals surface area (Å²) in [7, 11) is 0. The van der Waals surface area contributed by atoms with E-state index in [1.807, 2.05) is 12.1 Å². The predicted octanol–water partition coefficient (Wildman–Crippen LogP) is 4.61. The third-order valence-electron chi connectivity index (χ3n) is 6.54. The maximum Gasteiger partial charge on any atom is 0.242 e. The quantitative estimate of drug-likeness (QED) is 0.0526. The molecule has 0 fully saturated rings. The molecular weight excluding hydrogens is 492 g/mol. The summed E-state index contributed by atoms with van der Waals surface area (Å²) in [6.07, 6.45) is 12.9. The molecule has 220 valence electrons. The van der Waals surface area contributed by atoms with Crippen LogP contribution in [0.15, 0.2) is 29.4 Å². The van der Waals surface area contributed by atoms with Crippen LogP contribution in [-0.4, -0.2) is 57.1 Å². The average molecular weight is 545 g/mol. The van der Waals surface area contributed by atoms with Gasteiger partial charge in [0.1, 0.15) is 6.04 Å². The summed E-state index contributed by atoms with van der Waals surface area (Å²) in [6.45, 7) is 7.25. The highest BCUT2D eigenvalue weighted by Crippen LogP contribution is 2.15. The third kappa shape index (κ3) is 19.1. The van der Waals surface area contributed by atoms with Crippen LogP contribution in [0.4, 0.5) is 5.69 Å². The van der Waals surface area contributed by atoms with Gasteiger partial charge in [0.15, 0.2) is 0 Å². The van der Waals surface area contributed by atoms with Gasteiger partial charge in [-0.3, -0.25) is 9.59 Å². The second kappa shape index (κ2) is 24.4. The number of amides is 2. The summed E-state index contributed by atoms with van der Waals surface area (Å²) in [4.78, 5) is 28.4. The van der Waals surface area contributed by atoms with Gasteiger partial charge in [-0.1, -0.05) is 74.8 Å². The van der Waals surface area contributed by atoms with Crippen molar-refractivity contribution < 1.29 is 9.59 Å². The van der Waals surface area contributed by atoms with E-state index < -0.39 is 6.04 Å². The van der Waals surface area contributed by atoms with Crippen LogP contribution in [0.5, 0.6) is 0 Å². The van der Waals surface area contributed by atoms with Gasteiger partial charge in [-0.2, -0.15) is 0 Å². The van der Waals surface area contributed by atoms with Crippen LogP contribution in [0.1, 0.15) is 89.5 Å². The topological polar surface area (TPSA) is 157 Å². The number of nitrogens with zero attached hydrogens (tertiary/aromatic N) is 3. The monoisotopic (exact) mass is 544 g/mol. The van der Waals surface area contributed by atoms with Crippen LogP contribution in [0, 0.1) is 0 Å². The minimum atomic E-state index is -0.646. The minimum Gasteiger partial charge on any atom is -0.354 e. The van der Waals surface area contributed by atoms with Gasteiger partial charge in [-0.15, -0.1) is 0 Å². The molecule has 1 aromatic carbocycles. The first-order valence-electron chi connectivity index (χ1n) is 14.9. The molecular formula is C29H52N8O2. The van der Waals surface area contributed by atoms with Gasteiger partial charge in [-0.05, 0) is 75.9 Å². The lowest BCUT2D eigenvalue weighted by Crippen LogP contribution is -2.48. The summed E-state index contributed by atoms with van der Waals surface area (Å²) in [6, 6.07) is 6.43. The number of carbonyl (C=O) groups is 2. The molecule has 2 amide bonds. The molecule has 6 N–H and O–H groups in total. The zero-order valence-corrected chi connectivity index (χ0v) is 24.1. The van der Waals surface area contributed by atoms with E-state index >= 15 is 0 Å². The molecule has 0 radical (unpaired) electrons. The molecule has 10 nitrogen and oxygen atoms in total. The maximum atomic E-state index is 13.0. The van der Waals surface area contributed by atoms with Gasteiger partial charge in [0.05, 0.1) is 0 Å². The number of hydrogen-bond acceptors (Lipinski definition) is 6. The van der Waals surface area contributed by atoms with Gasteiger partial charge in [0, 0.05) is 30.0 Å². The third-order valence-corrected chi connectivity index (χ3v) is 6.54. The zero-order chi connectivity index (χ0) is 28.4. The van der Waals surface area contributed by atoms with Crippen LogP contribution in [0.3, 0.4) is 0 Å². The van der Waals surface area contributed by atoms with E-state index in [-0.39, 0.29) is 11.8 Å². The Labute approximate surface area is 235 Å². The predicted molar refractivity (Wildman–Crippen MR) is 160 cm³/mol. The molecule has 0 unspecified atom stereocenters. The molecule has 0 bridgehead atoms. The molecule has 0 heterocycles. The Bertz CT molecular complexity index is 812. The van der Waals surface area contributed by atoms with Crippen molar-refractivity contribution in [1.82, 2.24) is 21.3 Å². The number of nitrogens with two attached hydrogens (primary N) is 1. The highest BCUT2D eigenvalue weighted by Gasteiger charge is 2.21. The van der Waals surface area contributed by atoms with Crippen molar-refractivity contribution in [1.29, 1.82) is 0 Å². The summed E-state index contributed by atoms with van der Waals surface area (Å²) in [5.41, 5.74) is 15.5. The maximum absolute atomic E-state index is 13.0. The molecule has 0 saturated heterocycles. The number of benzene rings is 1. The number of rotatable bonds is 25. The van der Waals surface area contributed by atoms with E-state index in [2.05, 4.69) is 38.2 Å². The molecule has 0 aliphatic rings. The number of azide groups is 1. The van der Waals surface area contributed by atoms with E-state index in [0.29, 0.717) is 25.1 Å². The number of hydrogen-bond donors (Lipinski definition) is 5. The molecule has 0 spiro atoms. The summed E-state index contributed by atoms with van der Waals surface area (Å²) in [5.74, 6) is -0.265. The normalized spacial score (nSPS) is 11.5. The second-order valence-electron chi connectivity index (χ2n) is 10.0. The van der Waals surface area contributed by atoms with Crippen molar-refractivity contribution in [3.05, 3.63) is 40.3 Å². The van der Waals surface area contributed by atoms with Crippen molar-refractivity contribution in [2.24, 2.45) is 10.8 Å². The highest BCUT2D eigenvalue weighted by atomic mass is 16.2. The van der Waals surface area contributed by atoms with E-state index in [1.165, 1.54) is 25.7 Å². The van der Waals surface area contributed by atoms with Gasteiger partial charge in [0.25, 0.3) is 0 Å². The summed E-state index contributed by atoms with van der Waals surface area (Å²) >= 11 is 0. The van der Waals surface area contributed by atoms with Crippen LogP contribution in [0.25, 0.3) is 10.4 Å². The first-order valence-corrected chi connectivity index (χ1v) is 14.9. The van der Waals surface area contributed by atoms with Crippen LogP contribution >= 0.6 is 0 Å². The summed E-state index contributed by atoms with van der Waals surface area (Å²) in [5, 5.41) is 16.3. The molecule has 10 heteroatoms. The van der Waals surface area contributed by atoms with E-state index in [0.717, 1.165) is 83.2 Å². The fourth-order valence-electron chi connectivity index (χ4n) is 4.23. The molecule has 39 heavy (non-hydrogen) atoms. The standard InChI is InChI=1S/C29H52N8O2/c1-2-3-4-5-6-7-8-13-28(38)35-27(24-25-14-16-26(17-15-25)36-37-31)29(39)34-23-12-22-33-20-10-9-19-32-21-11-18-30/h14-17,27,32-33H,2-13,18-24,30H2,1H3,(H,34,39)(H,35,38)/t27-/m0/s1. The molecule has 1 aromatic rings. The first kappa shape index (κ1) is 34.4. The van der Waals surface area contributed by atoms with Gasteiger partial charge in [-0.25, -0.2) is 0 Å². The largest absolute Gasteiger partial charge is 0.354 e. The number of nitrogens with one attached hydrogen (secondary N) is 4. The number of carbonyl (C=O) groups excluding carboxylic acids is 2. The lowest BCUT2D eigenvalue weighted by molar-refractivity contribution is -0.129. The van der Waals surface area contributed by atoms with E-state index in [1.54, 1.807) is 12.1 Å². The van der Waals surface area contributed by atoms with Gasteiger partial charge >= 0.3 is 0 Å². The van der Waals surface area contributed by atoms with E-state index in [4.69, 9.17) is 11.3 Å². The Morgan fingerprint density at radius 1 is 0.846 bits per heavy atom. The fourth-order valence-corrected chi connectivity index (χ4v) is 4.23. The molecule has 1 atom stereocenters. The molecule has 0 aromatic heterocycles. The molecule has 0 saturated carbocycles. The Morgan fingerprint density at radius 2 is 1.46 bits per heavy atom. The number of unbranched alkanes of at least 4 members (excludes halogenated alkanes) is 7. The van der Waals surface area contributed by atoms with Gasteiger partial charge < -0.3 is 27.0 Å². The smallest absolute Gasteiger partial charge is 0.242 e. The van der Waals surface area contributed by atoms with Crippen molar-refractivity contribution in [2.45, 2.75) is 96.4 Å². The average Bonchev–Trinajstić information content (AvgIpc) is 2.94. The zero-order valence-electron chi connectivity index (χ0n) is 24.1. The lowest BCUT2D eigenvalue weighted by atomic mass is 10.0. The van der Waals surface area contributed by atoms with Crippen molar-refractivity contribution >= 4 is 17.5 Å². The Balaban J connectivity index is 2.41. The second-order valence-corrected chi connectivity index (χ2v) is 10.0. The van der Waals surface area contributed by atoms with Crippen LogP contribution in [-0.2, 0) is 16.0 Å². The van der Waals surface area contributed by atoms with Gasteiger partial charge in [0.2, 0.25) is 11.8 Å². The lowest BCUT2D eigenvalue weighted by Gasteiger charge is -2.19.